The lowest BCUT2D eigenvalue weighted by molar-refractivity contribution is -0.385. The van der Waals surface area contributed by atoms with E-state index in [-0.39, 0.29) is 63.4 Å². The lowest BCUT2D eigenvalue weighted by atomic mass is 10.1. The number of hydrogen-bond donors (Lipinski definition) is 3. The molecule has 0 saturated carbocycles. The maximum atomic E-state index is 12.6. The summed E-state index contributed by atoms with van der Waals surface area (Å²) in [5, 5.41) is 21.9. The molecular formula is C30H27ClF3N5O11S. The van der Waals surface area contributed by atoms with Gasteiger partial charge in [0.1, 0.15) is 11.5 Å². The molecule has 0 unspecified atom stereocenters. The van der Waals surface area contributed by atoms with Gasteiger partial charge >= 0.3 is 23.9 Å². The quantitative estimate of drug-likeness (QED) is 0.107. The molecule has 0 fully saturated rings. The zero-order chi connectivity index (χ0) is 37.9. The zero-order valence-corrected chi connectivity index (χ0v) is 28.1. The number of alkyl halides is 3. The van der Waals surface area contributed by atoms with E-state index in [0.717, 1.165) is 18.2 Å². The van der Waals surface area contributed by atoms with Crippen LogP contribution in [0, 0.1) is 10.1 Å². The number of nitrogens with zero attached hydrogens (tertiary/aromatic N) is 3. The number of nitro groups is 1. The summed E-state index contributed by atoms with van der Waals surface area (Å²) in [6, 6.07) is 12.2. The van der Waals surface area contributed by atoms with Crippen molar-refractivity contribution in [3.8, 4) is 29.0 Å². The summed E-state index contributed by atoms with van der Waals surface area (Å²) in [7, 11) is -1.50. The fourth-order valence-corrected chi connectivity index (χ4v) is 5.19. The number of methoxy groups -OCH3 is 2. The van der Waals surface area contributed by atoms with Crippen molar-refractivity contribution >= 4 is 45.3 Å². The molecule has 2 amide bonds. The number of urea groups is 1. The number of carboxylic acids is 1. The fourth-order valence-electron chi connectivity index (χ4n) is 3.90. The Morgan fingerprint density at radius 2 is 1.63 bits per heavy atom. The lowest BCUT2D eigenvalue weighted by Gasteiger charge is -2.12. The first-order valence-electron chi connectivity index (χ1n) is 14.0. The van der Waals surface area contributed by atoms with E-state index in [1.54, 1.807) is 11.6 Å². The Bertz CT molecular complexity index is 2000. The minimum Gasteiger partial charge on any atom is -0.487 e. The Morgan fingerprint density at radius 1 is 0.980 bits per heavy atom. The SMILES string of the molecule is CCOc1cc(Oc2ccc(C(F)(F)F)cc2Cl)ccc1[N+](=O)[O-].COc1cc(OC)nc(NC(=O)NS(=O)(=O)Cc2ccccc2C(=O)O)n1. The molecule has 3 N–H and O–H groups in total. The number of aromatic nitrogens is 2. The van der Waals surface area contributed by atoms with E-state index in [2.05, 4.69) is 15.3 Å². The van der Waals surface area contributed by atoms with E-state index in [0.29, 0.717) is 0 Å². The number of benzene rings is 3. The number of amides is 2. The van der Waals surface area contributed by atoms with Crippen LogP contribution in [0.25, 0.3) is 0 Å². The van der Waals surface area contributed by atoms with E-state index < -0.39 is 44.4 Å². The molecular weight excluding hydrogens is 731 g/mol. The van der Waals surface area contributed by atoms with Gasteiger partial charge < -0.3 is 24.1 Å². The number of anilines is 1. The summed E-state index contributed by atoms with van der Waals surface area (Å²) in [6.45, 7) is 1.86. The Labute approximate surface area is 292 Å². The first kappa shape index (κ1) is 39.5. The average molecular weight is 758 g/mol. The lowest BCUT2D eigenvalue weighted by Crippen LogP contribution is -2.36. The molecule has 0 aliphatic heterocycles. The summed E-state index contributed by atoms with van der Waals surface area (Å²) >= 11 is 5.80. The number of carbonyl (C=O) groups is 2. The third-order valence-electron chi connectivity index (χ3n) is 6.08. The van der Waals surface area contributed by atoms with Gasteiger partial charge in [-0.2, -0.15) is 23.1 Å². The molecule has 4 rings (SSSR count). The van der Waals surface area contributed by atoms with Crippen molar-refractivity contribution in [1.29, 1.82) is 0 Å². The molecule has 1 aromatic heterocycles. The summed E-state index contributed by atoms with van der Waals surface area (Å²) in [4.78, 5) is 41.1. The van der Waals surface area contributed by atoms with E-state index in [9.17, 15) is 41.3 Å². The van der Waals surface area contributed by atoms with Crippen molar-refractivity contribution in [1.82, 2.24) is 14.7 Å². The highest BCUT2D eigenvalue weighted by molar-refractivity contribution is 7.89. The fraction of sp³-hybridized carbons (Fsp3) is 0.200. The van der Waals surface area contributed by atoms with Gasteiger partial charge in [0.25, 0.3) is 0 Å². The van der Waals surface area contributed by atoms with Crippen LogP contribution in [-0.4, -0.2) is 61.2 Å². The smallest absolute Gasteiger partial charge is 0.416 e. The minimum atomic E-state index is -4.52. The number of rotatable bonds is 12. The second kappa shape index (κ2) is 17.2. The number of carboxylic acid groups (broad SMARTS) is 1. The van der Waals surface area contributed by atoms with Crippen LogP contribution in [-0.2, 0) is 22.0 Å². The van der Waals surface area contributed by atoms with Gasteiger partial charge in [-0.3, -0.25) is 15.4 Å². The van der Waals surface area contributed by atoms with E-state index >= 15 is 0 Å². The van der Waals surface area contributed by atoms with Crippen LogP contribution in [0.15, 0.2) is 66.7 Å². The standard InChI is InChI=1S/C15H11ClF3NO4.C15H16N4O7S/c1-2-23-14-8-10(4-5-12(14)20(21)22)24-13-6-3-9(7-11(13)16)15(17,18)19;1-25-11-7-12(26-2)17-14(16-11)18-15(22)19-27(23,24)8-9-5-3-4-6-10(9)13(20)21/h3-8H,2H2,1H3;3-7H,8H2,1-2H3,(H,20,21)(H2,16,17,18,19,22). The molecule has 0 bridgehead atoms. The van der Waals surface area contributed by atoms with Crippen molar-refractivity contribution in [2.75, 3.05) is 26.1 Å². The third kappa shape index (κ3) is 11.6. The van der Waals surface area contributed by atoms with E-state index in [4.69, 9.17) is 35.7 Å². The number of nitro benzene ring substituents is 1. The maximum Gasteiger partial charge on any atom is 0.416 e. The van der Waals surface area contributed by atoms with Crippen molar-refractivity contribution in [3.63, 3.8) is 0 Å². The molecule has 21 heteroatoms. The summed E-state index contributed by atoms with van der Waals surface area (Å²) < 4.78 is 84.3. The first-order chi connectivity index (χ1) is 24.0. The number of halogens is 4. The Kier molecular flexibility index (Phi) is 13.3. The van der Waals surface area contributed by atoms with E-state index in [1.807, 2.05) is 0 Å². The zero-order valence-electron chi connectivity index (χ0n) is 26.6. The van der Waals surface area contributed by atoms with Crippen molar-refractivity contribution in [3.05, 3.63) is 98.6 Å². The number of aromatic carboxylic acids is 1. The topological polar surface area (TPSA) is 218 Å². The molecule has 3 aromatic carbocycles. The summed E-state index contributed by atoms with van der Waals surface area (Å²) in [6.07, 6.45) is -4.52. The molecule has 1 heterocycles. The van der Waals surface area contributed by atoms with Crippen LogP contribution in [0.3, 0.4) is 0 Å². The highest BCUT2D eigenvalue weighted by Crippen LogP contribution is 2.38. The average Bonchev–Trinajstić information content (AvgIpc) is 3.05. The molecule has 0 aliphatic rings. The predicted molar refractivity (Wildman–Crippen MR) is 174 cm³/mol. The van der Waals surface area contributed by atoms with Crippen LogP contribution in [0.4, 0.5) is 29.6 Å². The van der Waals surface area contributed by atoms with Crippen molar-refractivity contribution in [2.24, 2.45) is 0 Å². The highest BCUT2D eigenvalue weighted by atomic mass is 35.5. The minimum absolute atomic E-state index is 0.0111. The molecule has 0 saturated heterocycles. The predicted octanol–water partition coefficient (Wildman–Crippen LogP) is 6.30. The van der Waals surface area contributed by atoms with E-state index in [1.165, 1.54) is 62.8 Å². The number of ether oxygens (including phenoxy) is 4. The molecule has 16 nitrogen and oxygen atoms in total. The van der Waals surface area contributed by atoms with Gasteiger partial charge in [0.2, 0.25) is 33.5 Å². The molecule has 0 radical (unpaired) electrons. The van der Waals surface area contributed by atoms with Crippen LogP contribution in [0.5, 0.6) is 29.0 Å². The number of hydrogen-bond acceptors (Lipinski definition) is 12. The Balaban J connectivity index is 0.000000277. The second-order valence-electron chi connectivity index (χ2n) is 9.62. The normalized spacial score (nSPS) is 11.0. The Hall–Kier alpha value is -5.89. The van der Waals surface area contributed by atoms with Gasteiger partial charge in [0.15, 0.2) is 0 Å². The van der Waals surface area contributed by atoms with Crippen molar-refractivity contribution in [2.45, 2.75) is 18.9 Å². The first-order valence-corrected chi connectivity index (χ1v) is 16.0. The van der Waals surface area contributed by atoms with Gasteiger partial charge in [-0.25, -0.2) is 22.7 Å². The van der Waals surface area contributed by atoms with Crippen LogP contribution < -0.4 is 29.0 Å². The molecule has 272 valence electrons. The van der Waals surface area contributed by atoms with Gasteiger partial charge in [-0.1, -0.05) is 29.8 Å². The van der Waals surface area contributed by atoms with Crippen LogP contribution in [0.1, 0.15) is 28.4 Å². The summed E-state index contributed by atoms with van der Waals surface area (Å²) in [5.41, 5.74) is -1.30. The number of carbonyl (C=O) groups excluding carboxylic acids is 1. The number of sulfonamides is 1. The highest BCUT2D eigenvalue weighted by Gasteiger charge is 2.31. The molecule has 4 aromatic rings. The van der Waals surface area contributed by atoms with Crippen molar-refractivity contribution < 1.29 is 60.2 Å². The third-order valence-corrected chi connectivity index (χ3v) is 7.56. The van der Waals surface area contributed by atoms with Gasteiger partial charge in [0, 0.05) is 12.1 Å². The second-order valence-corrected chi connectivity index (χ2v) is 11.7. The summed E-state index contributed by atoms with van der Waals surface area (Å²) in [5.74, 6) is -1.92. The van der Waals surface area contributed by atoms with Gasteiger partial charge in [0.05, 0.1) is 53.7 Å². The molecule has 0 aliphatic carbocycles. The Morgan fingerprint density at radius 3 is 2.18 bits per heavy atom. The monoisotopic (exact) mass is 757 g/mol. The molecule has 51 heavy (non-hydrogen) atoms. The maximum absolute atomic E-state index is 12.6. The number of nitrogens with one attached hydrogen (secondary N) is 2. The molecule has 0 atom stereocenters. The van der Waals surface area contributed by atoms with Gasteiger partial charge in [-0.05, 0) is 42.8 Å². The van der Waals surface area contributed by atoms with Gasteiger partial charge in [-0.15, -0.1) is 0 Å². The largest absolute Gasteiger partial charge is 0.487 e. The van der Waals surface area contributed by atoms with Crippen LogP contribution in [0.2, 0.25) is 5.02 Å². The molecule has 0 spiro atoms. The van der Waals surface area contributed by atoms with Crippen LogP contribution >= 0.6 is 11.6 Å².